The summed E-state index contributed by atoms with van der Waals surface area (Å²) < 4.78 is 37.8. The third kappa shape index (κ3) is 2.37. The van der Waals surface area contributed by atoms with E-state index in [4.69, 9.17) is 0 Å². The molecule has 0 fully saturated rings. The largest absolute Gasteiger partial charge is 0.507 e. The molecule has 4 nitrogen and oxygen atoms in total. The summed E-state index contributed by atoms with van der Waals surface area (Å²) in [4.78, 5) is 3.94. The van der Waals surface area contributed by atoms with Gasteiger partial charge in [0.25, 0.3) is 0 Å². The number of phenols is 1. The first-order valence-corrected chi connectivity index (χ1v) is 5.93. The number of nitrogens with zero attached hydrogens (tertiary/aromatic N) is 3. The van der Waals surface area contributed by atoms with Crippen LogP contribution >= 0.6 is 0 Å². The molecule has 0 saturated carbocycles. The van der Waals surface area contributed by atoms with Crippen LogP contribution in [0.4, 0.5) is 13.2 Å². The lowest BCUT2D eigenvalue weighted by molar-refractivity contribution is -0.137. The van der Waals surface area contributed by atoms with Gasteiger partial charge in [0.2, 0.25) is 0 Å². The molecule has 0 aliphatic rings. The van der Waals surface area contributed by atoms with Crippen molar-refractivity contribution in [3.8, 4) is 17.0 Å². The van der Waals surface area contributed by atoms with Gasteiger partial charge in [0.05, 0.1) is 11.8 Å². The molecule has 0 amide bonds. The average molecular weight is 291 g/mol. The van der Waals surface area contributed by atoms with Crippen LogP contribution < -0.4 is 0 Å². The second-order valence-electron chi connectivity index (χ2n) is 4.39. The summed E-state index contributed by atoms with van der Waals surface area (Å²) in [5.74, 6) is -0.497. The molecule has 0 atom stereocenters. The van der Waals surface area contributed by atoms with Gasteiger partial charge in [0.1, 0.15) is 11.4 Å². The minimum Gasteiger partial charge on any atom is -0.507 e. The van der Waals surface area contributed by atoms with E-state index in [1.54, 1.807) is 12.3 Å². The van der Waals surface area contributed by atoms with Crippen LogP contribution in [0, 0.1) is 0 Å². The molecule has 1 N–H and O–H groups in total. The number of pyridine rings is 1. The maximum absolute atomic E-state index is 12.6. The molecule has 0 saturated heterocycles. The molecule has 2 aromatic heterocycles. The van der Waals surface area contributed by atoms with Crippen LogP contribution in [0.5, 0.6) is 5.75 Å². The number of halogens is 3. The predicted octanol–water partition coefficient (Wildman–Crippen LogP) is 3.42. The van der Waals surface area contributed by atoms with E-state index in [1.807, 2.05) is 0 Å². The predicted molar refractivity (Wildman–Crippen MR) is 69.4 cm³/mol. The van der Waals surface area contributed by atoms with Crippen molar-refractivity contribution in [1.29, 1.82) is 0 Å². The highest BCUT2D eigenvalue weighted by molar-refractivity contribution is 5.94. The zero-order chi connectivity index (χ0) is 15.0. The first-order valence-electron chi connectivity index (χ1n) is 5.93. The number of hydrogen-bond donors (Lipinski definition) is 1. The first-order chi connectivity index (χ1) is 9.97. The van der Waals surface area contributed by atoms with Gasteiger partial charge in [-0.1, -0.05) is 0 Å². The van der Waals surface area contributed by atoms with Gasteiger partial charge in [0.15, 0.2) is 0 Å². The second-order valence-corrected chi connectivity index (χ2v) is 4.39. The number of rotatable bonds is 1. The first kappa shape index (κ1) is 13.3. The Bertz CT molecular complexity index is 813. The molecule has 2 heterocycles. The molecule has 0 aliphatic carbocycles. The molecule has 3 aromatic rings. The van der Waals surface area contributed by atoms with Crippen LogP contribution in [0.1, 0.15) is 5.56 Å². The van der Waals surface area contributed by atoms with E-state index in [9.17, 15) is 18.3 Å². The van der Waals surface area contributed by atoms with Crippen molar-refractivity contribution in [2.45, 2.75) is 6.18 Å². The highest BCUT2D eigenvalue weighted by Gasteiger charge is 2.31. The monoisotopic (exact) mass is 291 g/mol. The zero-order valence-corrected chi connectivity index (χ0v) is 10.5. The normalized spacial score (nSPS) is 11.8. The van der Waals surface area contributed by atoms with Gasteiger partial charge in [0, 0.05) is 28.7 Å². The van der Waals surface area contributed by atoms with E-state index in [2.05, 4.69) is 15.2 Å². The summed E-state index contributed by atoms with van der Waals surface area (Å²) in [7, 11) is 0. The third-order valence-corrected chi connectivity index (χ3v) is 3.04. The Kier molecular flexibility index (Phi) is 2.97. The molecule has 0 unspecified atom stereocenters. The Morgan fingerprint density at radius 1 is 1.05 bits per heavy atom. The number of aromatic hydroxyl groups is 1. The van der Waals surface area contributed by atoms with Crippen LogP contribution in [0.2, 0.25) is 0 Å². The van der Waals surface area contributed by atoms with E-state index in [0.29, 0.717) is 22.5 Å². The lowest BCUT2D eigenvalue weighted by atomic mass is 10.0. The topological polar surface area (TPSA) is 58.9 Å². The number of hydrogen-bond acceptors (Lipinski definition) is 4. The van der Waals surface area contributed by atoms with Crippen molar-refractivity contribution in [3.05, 3.63) is 48.4 Å². The SMILES string of the molecule is Oc1cc(C(F)(F)F)ccc1-c1nncc2cnccc12. The average Bonchev–Trinajstić information content (AvgIpc) is 2.46. The van der Waals surface area contributed by atoms with Gasteiger partial charge in [-0.25, -0.2) is 0 Å². The summed E-state index contributed by atoms with van der Waals surface area (Å²) in [5.41, 5.74) is -0.424. The van der Waals surface area contributed by atoms with E-state index in [1.165, 1.54) is 18.5 Å². The standard InChI is InChI=1S/C14H8F3N3O/c15-14(16,17)9-1-2-11(12(21)5-9)13-10-3-4-18-6-8(10)7-19-20-13/h1-7,21H. The highest BCUT2D eigenvalue weighted by atomic mass is 19.4. The number of aromatic nitrogens is 3. The highest BCUT2D eigenvalue weighted by Crippen LogP contribution is 2.37. The Morgan fingerprint density at radius 3 is 2.57 bits per heavy atom. The van der Waals surface area contributed by atoms with Crippen LogP contribution in [-0.4, -0.2) is 20.3 Å². The Hall–Kier alpha value is -2.70. The van der Waals surface area contributed by atoms with Gasteiger partial charge in [-0.05, 0) is 24.3 Å². The summed E-state index contributed by atoms with van der Waals surface area (Å²) in [5, 5.41) is 18.9. The van der Waals surface area contributed by atoms with Crippen LogP contribution in [0.25, 0.3) is 22.0 Å². The van der Waals surface area contributed by atoms with Crippen LogP contribution in [0.3, 0.4) is 0 Å². The third-order valence-electron chi connectivity index (χ3n) is 3.04. The smallest absolute Gasteiger partial charge is 0.416 e. The molecular formula is C14H8F3N3O. The van der Waals surface area contributed by atoms with Gasteiger partial charge in [-0.3, -0.25) is 4.98 Å². The summed E-state index contributed by atoms with van der Waals surface area (Å²) in [6, 6.07) is 4.42. The fourth-order valence-corrected chi connectivity index (χ4v) is 2.04. The quantitative estimate of drug-likeness (QED) is 0.746. The van der Waals surface area contributed by atoms with E-state index >= 15 is 0 Å². The molecule has 1 aromatic carbocycles. The van der Waals surface area contributed by atoms with Crippen LogP contribution in [0.15, 0.2) is 42.9 Å². The number of benzene rings is 1. The summed E-state index contributed by atoms with van der Waals surface area (Å²) in [6.07, 6.45) is 0.0839. The Labute approximate surface area is 116 Å². The maximum Gasteiger partial charge on any atom is 0.416 e. The molecule has 21 heavy (non-hydrogen) atoms. The van der Waals surface area contributed by atoms with Gasteiger partial charge in [-0.2, -0.15) is 18.3 Å². The van der Waals surface area contributed by atoms with Gasteiger partial charge < -0.3 is 5.11 Å². The van der Waals surface area contributed by atoms with Crippen molar-refractivity contribution in [1.82, 2.24) is 15.2 Å². The zero-order valence-electron chi connectivity index (χ0n) is 10.5. The van der Waals surface area contributed by atoms with Crippen molar-refractivity contribution in [3.63, 3.8) is 0 Å². The van der Waals surface area contributed by atoms with Crippen LogP contribution in [-0.2, 0) is 6.18 Å². The van der Waals surface area contributed by atoms with Crippen molar-refractivity contribution in [2.75, 3.05) is 0 Å². The minimum atomic E-state index is -4.51. The minimum absolute atomic E-state index is 0.187. The van der Waals surface area contributed by atoms with Crippen molar-refractivity contribution in [2.24, 2.45) is 0 Å². The maximum atomic E-state index is 12.6. The lowest BCUT2D eigenvalue weighted by Crippen LogP contribution is -2.04. The second kappa shape index (κ2) is 4.69. The molecule has 0 aliphatic heterocycles. The van der Waals surface area contributed by atoms with Gasteiger partial charge in [-0.15, -0.1) is 5.10 Å². The molecular weight excluding hydrogens is 283 g/mol. The number of fused-ring (bicyclic) bond motifs is 1. The van der Waals surface area contributed by atoms with Crippen molar-refractivity contribution < 1.29 is 18.3 Å². The van der Waals surface area contributed by atoms with E-state index in [-0.39, 0.29) is 5.56 Å². The summed E-state index contributed by atoms with van der Waals surface area (Å²) in [6.45, 7) is 0. The molecule has 106 valence electrons. The Morgan fingerprint density at radius 2 is 1.86 bits per heavy atom. The summed E-state index contributed by atoms with van der Waals surface area (Å²) >= 11 is 0. The van der Waals surface area contributed by atoms with Crippen molar-refractivity contribution >= 4 is 10.8 Å². The number of phenolic OH excluding ortho intramolecular Hbond substituents is 1. The number of alkyl halides is 3. The molecule has 3 rings (SSSR count). The van der Waals surface area contributed by atoms with Gasteiger partial charge >= 0.3 is 6.18 Å². The molecule has 0 bridgehead atoms. The molecule has 7 heteroatoms. The lowest BCUT2D eigenvalue weighted by Gasteiger charge is -2.10. The van der Waals surface area contributed by atoms with E-state index in [0.717, 1.165) is 6.07 Å². The van der Waals surface area contributed by atoms with E-state index < -0.39 is 17.5 Å². The fraction of sp³-hybridized carbons (Fsp3) is 0.0714. The molecule has 0 spiro atoms. The Balaban J connectivity index is 2.20. The molecule has 0 radical (unpaired) electrons. The fourth-order valence-electron chi connectivity index (χ4n) is 2.04.